The first kappa shape index (κ1) is 29.1. The molecule has 2 aromatic heterocycles. The molecule has 0 aliphatic carbocycles. The summed E-state index contributed by atoms with van der Waals surface area (Å²) < 4.78 is 72.2. The number of pyridine rings is 1. The van der Waals surface area contributed by atoms with Crippen molar-refractivity contribution in [3.05, 3.63) is 59.4 Å². The summed E-state index contributed by atoms with van der Waals surface area (Å²) in [5, 5.41) is 3.13. The average molecular weight is 586 g/mol. The summed E-state index contributed by atoms with van der Waals surface area (Å²) in [7, 11) is -4.53. The monoisotopic (exact) mass is 585 g/mol. The van der Waals surface area contributed by atoms with Crippen LogP contribution in [-0.2, 0) is 20.4 Å². The van der Waals surface area contributed by atoms with Gasteiger partial charge in [-0.05, 0) is 51.1 Å². The Bertz CT molecular complexity index is 1500. The van der Waals surface area contributed by atoms with Gasteiger partial charge in [0.1, 0.15) is 29.7 Å². The molecule has 0 aliphatic rings. The van der Waals surface area contributed by atoms with Gasteiger partial charge in [-0.25, -0.2) is 14.5 Å². The van der Waals surface area contributed by atoms with E-state index in [1.54, 1.807) is 6.92 Å². The molecular formula is C25H28ClF3N5O4P. The number of imidazole rings is 1. The fourth-order valence-electron chi connectivity index (χ4n) is 3.95. The Morgan fingerprint density at radius 2 is 1.82 bits per heavy atom. The Morgan fingerprint density at radius 1 is 1.13 bits per heavy atom. The van der Waals surface area contributed by atoms with Crippen LogP contribution in [0, 0.1) is 0 Å². The molecule has 4 rings (SSSR count). The maximum Gasteiger partial charge on any atom is 0.459 e. The molecule has 2 heterocycles. The quantitative estimate of drug-likeness (QED) is 0.188. The highest BCUT2D eigenvalue weighted by Crippen LogP contribution is 2.47. The van der Waals surface area contributed by atoms with Crippen LogP contribution in [0.4, 0.5) is 19.0 Å². The minimum Gasteiger partial charge on any atom is -0.413 e. The van der Waals surface area contributed by atoms with E-state index in [1.165, 1.54) is 24.3 Å². The lowest BCUT2D eigenvalue weighted by atomic mass is 10.1. The number of nitrogens with zero attached hydrogens (tertiary/aromatic N) is 3. The minimum absolute atomic E-state index is 0.0206. The molecule has 3 N–H and O–H groups in total. The molecule has 0 bridgehead atoms. The van der Waals surface area contributed by atoms with Crippen LogP contribution in [0.25, 0.3) is 21.9 Å². The van der Waals surface area contributed by atoms with Gasteiger partial charge in [0.15, 0.2) is 5.82 Å². The number of nitrogens with two attached hydrogens (primary N) is 1. The number of para-hydroxylation sites is 1. The second-order valence-electron chi connectivity index (χ2n) is 8.83. The molecule has 0 saturated heterocycles. The van der Waals surface area contributed by atoms with E-state index in [1.807, 2.05) is 40.8 Å². The molecule has 0 amide bonds. The van der Waals surface area contributed by atoms with Crippen LogP contribution in [0.2, 0.25) is 5.02 Å². The van der Waals surface area contributed by atoms with E-state index in [-0.39, 0.29) is 24.8 Å². The number of rotatable bonds is 11. The summed E-state index contributed by atoms with van der Waals surface area (Å²) in [6.45, 7) is 4.67. The molecule has 0 unspecified atom stereocenters. The highest BCUT2D eigenvalue weighted by atomic mass is 35.5. The van der Waals surface area contributed by atoms with Crippen LogP contribution in [-0.4, -0.2) is 40.0 Å². The fraction of sp³-hybridized carbons (Fsp3) is 0.360. The topological polar surface area (TPSA) is 114 Å². The fourth-order valence-corrected chi connectivity index (χ4v) is 5.69. The molecule has 0 radical (unpaired) electrons. The predicted molar refractivity (Wildman–Crippen MR) is 144 cm³/mol. The van der Waals surface area contributed by atoms with Crippen LogP contribution < -0.4 is 15.3 Å². The number of ether oxygens (including phenoxy) is 1. The van der Waals surface area contributed by atoms with Gasteiger partial charge in [0.2, 0.25) is 0 Å². The highest BCUT2D eigenvalue weighted by molar-refractivity contribution is 7.52. The Balaban J connectivity index is 1.71. The zero-order valence-corrected chi connectivity index (χ0v) is 23.1. The van der Waals surface area contributed by atoms with Gasteiger partial charge in [-0.3, -0.25) is 4.52 Å². The summed E-state index contributed by atoms with van der Waals surface area (Å²) in [6, 6.07) is 10.3. The van der Waals surface area contributed by atoms with E-state index in [0.717, 1.165) is 12.3 Å². The van der Waals surface area contributed by atoms with Crippen molar-refractivity contribution < 1.29 is 31.5 Å². The number of nitrogens with one attached hydrogen (secondary N) is 1. The van der Waals surface area contributed by atoms with Gasteiger partial charge in [-0.2, -0.15) is 18.3 Å². The van der Waals surface area contributed by atoms with Gasteiger partial charge in [-0.1, -0.05) is 29.8 Å². The summed E-state index contributed by atoms with van der Waals surface area (Å²) in [5.74, 6) is 0.732. The van der Waals surface area contributed by atoms with Crippen LogP contribution in [0.3, 0.4) is 0 Å². The Kier molecular flexibility index (Phi) is 8.72. The lowest BCUT2D eigenvalue weighted by molar-refractivity contribution is -0.148. The number of hydrogen-bond acceptors (Lipinski definition) is 7. The summed E-state index contributed by atoms with van der Waals surface area (Å²) in [5.41, 5.74) is 7.95. The minimum atomic E-state index is -4.69. The van der Waals surface area contributed by atoms with Crippen molar-refractivity contribution >= 4 is 47.1 Å². The number of anilines is 1. The van der Waals surface area contributed by atoms with Crippen molar-refractivity contribution in [3.63, 3.8) is 0 Å². The average Bonchev–Trinajstić information content (AvgIpc) is 3.27. The Labute approximate surface area is 228 Å². The van der Waals surface area contributed by atoms with Crippen LogP contribution in [0.15, 0.2) is 48.5 Å². The molecule has 0 spiro atoms. The van der Waals surface area contributed by atoms with Crippen molar-refractivity contribution in [2.75, 3.05) is 18.9 Å². The molecule has 39 heavy (non-hydrogen) atoms. The molecule has 14 heteroatoms. The SMILES string of the molecule is CCOCc1nc2c(N)nc3ccccc3c2n1[C@@H](C)CO[P@@](=O)(N[C@@H](C)C(F)(F)F)Oc1ccc(Cl)cc1. The molecule has 2 aromatic carbocycles. The van der Waals surface area contributed by atoms with Crippen LogP contribution in [0.5, 0.6) is 5.75 Å². The zero-order valence-electron chi connectivity index (χ0n) is 21.4. The smallest absolute Gasteiger partial charge is 0.413 e. The number of alkyl halides is 3. The van der Waals surface area contributed by atoms with Gasteiger partial charge in [0.05, 0.1) is 23.7 Å². The van der Waals surface area contributed by atoms with Gasteiger partial charge in [0.25, 0.3) is 0 Å². The van der Waals surface area contributed by atoms with E-state index in [9.17, 15) is 17.7 Å². The Morgan fingerprint density at radius 3 is 2.49 bits per heavy atom. The molecule has 9 nitrogen and oxygen atoms in total. The number of benzene rings is 2. The van der Waals surface area contributed by atoms with Gasteiger partial charge < -0.3 is 19.6 Å². The predicted octanol–water partition coefficient (Wildman–Crippen LogP) is 6.66. The van der Waals surface area contributed by atoms with E-state index in [2.05, 4.69) is 9.97 Å². The van der Waals surface area contributed by atoms with E-state index in [4.69, 9.17) is 31.1 Å². The maximum atomic E-state index is 13.6. The molecule has 3 atom stereocenters. The van der Waals surface area contributed by atoms with Crippen molar-refractivity contribution in [2.45, 2.75) is 45.6 Å². The molecule has 0 aliphatic heterocycles. The van der Waals surface area contributed by atoms with Crippen molar-refractivity contribution in [2.24, 2.45) is 0 Å². The number of aromatic nitrogens is 3. The summed E-state index contributed by atoms with van der Waals surface area (Å²) in [6.07, 6.45) is -4.69. The van der Waals surface area contributed by atoms with Gasteiger partial charge in [-0.15, -0.1) is 0 Å². The van der Waals surface area contributed by atoms with Crippen molar-refractivity contribution in [1.29, 1.82) is 0 Å². The second-order valence-corrected chi connectivity index (χ2v) is 11.0. The first-order valence-electron chi connectivity index (χ1n) is 12.1. The highest BCUT2D eigenvalue weighted by Gasteiger charge is 2.42. The third-order valence-electron chi connectivity index (χ3n) is 5.87. The molecule has 210 valence electrons. The normalized spacial score (nSPS) is 15.4. The van der Waals surface area contributed by atoms with E-state index in [0.29, 0.717) is 34.0 Å². The van der Waals surface area contributed by atoms with Crippen molar-refractivity contribution in [3.8, 4) is 5.75 Å². The summed E-state index contributed by atoms with van der Waals surface area (Å²) >= 11 is 5.89. The summed E-state index contributed by atoms with van der Waals surface area (Å²) in [4.78, 5) is 9.07. The standard InChI is InChI=1S/C25H28ClF3N5O4P/c1-4-36-14-21-32-22-23(19-7-5-6-8-20(19)31-24(22)30)34(21)15(2)13-37-39(35,33-16(3)25(27,28)29)38-18-11-9-17(26)10-12-18/h5-12,15-16H,4,13-14H2,1-3H3,(H2,30,31)(H,33,35)/t15-,16-,39-/m0/s1. The number of halogens is 4. The third kappa shape index (κ3) is 6.64. The first-order valence-corrected chi connectivity index (χ1v) is 14.0. The van der Waals surface area contributed by atoms with Gasteiger partial charge in [0, 0.05) is 17.0 Å². The van der Waals surface area contributed by atoms with Crippen LogP contribution >= 0.6 is 19.3 Å². The van der Waals surface area contributed by atoms with Gasteiger partial charge >= 0.3 is 13.9 Å². The van der Waals surface area contributed by atoms with E-state index < -0.39 is 26.0 Å². The molecule has 4 aromatic rings. The van der Waals surface area contributed by atoms with E-state index >= 15 is 0 Å². The Hall–Kier alpha value is -2.89. The number of hydrogen-bond donors (Lipinski definition) is 2. The second kappa shape index (κ2) is 11.7. The van der Waals surface area contributed by atoms with Crippen molar-refractivity contribution in [1.82, 2.24) is 19.6 Å². The lowest BCUT2D eigenvalue weighted by Gasteiger charge is -2.26. The molecular weight excluding hydrogens is 558 g/mol. The molecule has 0 fully saturated rings. The third-order valence-corrected chi connectivity index (χ3v) is 7.77. The number of fused-ring (bicyclic) bond motifs is 3. The first-order chi connectivity index (χ1) is 18.4. The lowest BCUT2D eigenvalue weighted by Crippen LogP contribution is -2.39. The maximum absolute atomic E-state index is 13.6. The van der Waals surface area contributed by atoms with Crippen LogP contribution in [0.1, 0.15) is 32.6 Å². The molecule has 0 saturated carbocycles. The zero-order chi connectivity index (χ0) is 28.4. The number of nitrogen functional groups attached to an aromatic ring is 1. The largest absolute Gasteiger partial charge is 0.459 e.